The zero-order valence-electron chi connectivity index (χ0n) is 8.87. The van der Waals surface area contributed by atoms with Gasteiger partial charge < -0.3 is 0 Å². The van der Waals surface area contributed by atoms with Crippen molar-refractivity contribution in [1.82, 2.24) is 0 Å². The van der Waals surface area contributed by atoms with Gasteiger partial charge in [0.15, 0.2) is 0 Å². The average molecular weight is 223 g/mol. The molecule has 80 valence electrons. The van der Waals surface area contributed by atoms with Gasteiger partial charge in [0.2, 0.25) is 0 Å². The van der Waals surface area contributed by atoms with E-state index < -0.39 is 0 Å². The van der Waals surface area contributed by atoms with E-state index in [1.54, 1.807) is 0 Å². The smallest absolute Gasteiger partial charge is 0.140 e. The normalized spacial score (nSPS) is 26.7. The Kier molecular flexibility index (Phi) is 3.11. The molecule has 1 aliphatic rings. The molecule has 1 fully saturated rings. The van der Waals surface area contributed by atoms with Gasteiger partial charge in [0, 0.05) is 17.4 Å². The Morgan fingerprint density at radius 1 is 1.27 bits per heavy atom. The van der Waals surface area contributed by atoms with Crippen molar-refractivity contribution < 1.29 is 4.79 Å². The second-order valence-corrected chi connectivity index (χ2v) is 4.83. The van der Waals surface area contributed by atoms with Crippen molar-refractivity contribution in [3.63, 3.8) is 0 Å². The monoisotopic (exact) mass is 222 g/mol. The molecule has 0 radical (unpaired) electrons. The summed E-state index contributed by atoms with van der Waals surface area (Å²) in [5.41, 5.74) is 1.01. The van der Waals surface area contributed by atoms with E-state index in [-0.39, 0.29) is 5.92 Å². The minimum absolute atomic E-state index is 0.0369. The first-order valence-corrected chi connectivity index (χ1v) is 5.83. The van der Waals surface area contributed by atoms with E-state index in [9.17, 15) is 4.79 Å². The second-order valence-electron chi connectivity index (χ2n) is 4.43. The van der Waals surface area contributed by atoms with Crippen LogP contribution in [0.2, 0.25) is 5.02 Å². The molecule has 0 heterocycles. The zero-order valence-corrected chi connectivity index (χ0v) is 9.63. The van der Waals surface area contributed by atoms with Crippen molar-refractivity contribution in [2.24, 2.45) is 5.92 Å². The minimum Gasteiger partial charge on any atom is -0.299 e. The number of hydrogen-bond acceptors (Lipinski definition) is 1. The molecule has 1 saturated carbocycles. The lowest BCUT2D eigenvalue weighted by Gasteiger charge is -2.25. The summed E-state index contributed by atoms with van der Waals surface area (Å²) in [6, 6.07) is 7.69. The topological polar surface area (TPSA) is 17.1 Å². The number of Topliss-reactive ketones (excluding diaryl/α,β-unsaturated/α-hetero) is 1. The van der Waals surface area contributed by atoms with Crippen LogP contribution in [-0.2, 0) is 4.79 Å². The summed E-state index contributed by atoms with van der Waals surface area (Å²) < 4.78 is 0. The maximum Gasteiger partial charge on any atom is 0.140 e. The Hall–Kier alpha value is -0.820. The molecular formula is C13H15ClO. The molecule has 0 saturated heterocycles. The minimum atomic E-state index is 0.0369. The van der Waals surface area contributed by atoms with Crippen LogP contribution < -0.4 is 0 Å². The van der Waals surface area contributed by atoms with Gasteiger partial charge in [-0.05, 0) is 30.4 Å². The highest BCUT2D eigenvalue weighted by molar-refractivity contribution is 6.31. The van der Waals surface area contributed by atoms with E-state index in [4.69, 9.17) is 11.6 Å². The lowest BCUT2D eigenvalue weighted by atomic mass is 9.78. The van der Waals surface area contributed by atoms with E-state index in [0.29, 0.717) is 18.1 Å². The van der Waals surface area contributed by atoms with Crippen molar-refractivity contribution in [3.8, 4) is 0 Å². The van der Waals surface area contributed by atoms with E-state index in [1.807, 2.05) is 24.3 Å². The predicted octanol–water partition coefficient (Wildman–Crippen LogP) is 3.81. The molecule has 1 aliphatic carbocycles. The van der Waals surface area contributed by atoms with Crippen LogP contribution in [0.4, 0.5) is 0 Å². The predicted molar refractivity (Wildman–Crippen MR) is 62.2 cm³/mol. The molecule has 0 aromatic heterocycles. The van der Waals surface area contributed by atoms with Gasteiger partial charge in [0.25, 0.3) is 0 Å². The summed E-state index contributed by atoms with van der Waals surface area (Å²) in [6.45, 7) is 2.14. The average Bonchev–Trinajstić information content (AvgIpc) is 2.20. The summed E-state index contributed by atoms with van der Waals surface area (Å²) in [7, 11) is 0. The molecule has 0 N–H and O–H groups in total. The zero-order chi connectivity index (χ0) is 10.8. The lowest BCUT2D eigenvalue weighted by molar-refractivity contribution is -0.123. The second kappa shape index (κ2) is 4.36. The largest absolute Gasteiger partial charge is 0.299 e. The molecular weight excluding hydrogens is 208 g/mol. The third kappa shape index (κ3) is 2.23. The Bertz CT molecular complexity index is 373. The van der Waals surface area contributed by atoms with Crippen molar-refractivity contribution in [2.75, 3.05) is 0 Å². The summed E-state index contributed by atoms with van der Waals surface area (Å²) in [5, 5.41) is 0.727. The molecule has 0 amide bonds. The number of hydrogen-bond donors (Lipinski definition) is 0. The quantitative estimate of drug-likeness (QED) is 0.706. The van der Waals surface area contributed by atoms with Crippen molar-refractivity contribution >= 4 is 17.4 Å². The summed E-state index contributed by atoms with van der Waals surface area (Å²) >= 11 is 6.11. The first-order valence-electron chi connectivity index (χ1n) is 5.45. The lowest BCUT2D eigenvalue weighted by Crippen LogP contribution is -2.22. The number of carbonyl (C=O) groups excluding carboxylic acids is 1. The molecule has 1 nitrogen and oxygen atoms in total. The Balaban J connectivity index is 2.24. The van der Waals surface area contributed by atoms with Crippen LogP contribution in [0.5, 0.6) is 0 Å². The van der Waals surface area contributed by atoms with Gasteiger partial charge in [-0.1, -0.05) is 36.7 Å². The fourth-order valence-electron chi connectivity index (χ4n) is 2.29. The van der Waals surface area contributed by atoms with Crippen LogP contribution in [0.3, 0.4) is 0 Å². The van der Waals surface area contributed by atoms with Crippen LogP contribution in [0, 0.1) is 5.92 Å². The van der Waals surface area contributed by atoms with Crippen molar-refractivity contribution in [2.45, 2.75) is 32.1 Å². The number of rotatable bonds is 1. The maximum absolute atomic E-state index is 11.9. The maximum atomic E-state index is 11.9. The molecule has 0 aliphatic heterocycles. The number of carbonyl (C=O) groups is 1. The van der Waals surface area contributed by atoms with Gasteiger partial charge in [-0.2, -0.15) is 0 Å². The van der Waals surface area contributed by atoms with E-state index in [1.165, 1.54) is 0 Å². The molecule has 1 aromatic rings. The van der Waals surface area contributed by atoms with Gasteiger partial charge in [-0.15, -0.1) is 0 Å². The van der Waals surface area contributed by atoms with E-state index >= 15 is 0 Å². The SMILES string of the molecule is CC1CC[C@@H](c2ccccc2Cl)C(=O)C1. The van der Waals surface area contributed by atoms with Crippen LogP contribution >= 0.6 is 11.6 Å². The third-order valence-corrected chi connectivity index (χ3v) is 3.51. The highest BCUT2D eigenvalue weighted by Gasteiger charge is 2.28. The summed E-state index contributed by atoms with van der Waals surface area (Å²) in [5.74, 6) is 0.924. The molecule has 2 heteroatoms. The van der Waals surface area contributed by atoms with Gasteiger partial charge in [0.05, 0.1) is 0 Å². The Labute approximate surface area is 95.4 Å². The molecule has 0 bridgehead atoms. The van der Waals surface area contributed by atoms with Gasteiger partial charge in [0.1, 0.15) is 5.78 Å². The number of halogens is 1. The number of ketones is 1. The molecule has 1 aromatic carbocycles. The molecule has 2 rings (SSSR count). The molecule has 2 atom stereocenters. The molecule has 15 heavy (non-hydrogen) atoms. The fourth-order valence-corrected chi connectivity index (χ4v) is 2.55. The van der Waals surface area contributed by atoms with Crippen LogP contribution in [0.25, 0.3) is 0 Å². The molecule has 1 unspecified atom stereocenters. The summed E-state index contributed by atoms with van der Waals surface area (Å²) in [6.07, 6.45) is 2.78. The van der Waals surface area contributed by atoms with Crippen molar-refractivity contribution in [3.05, 3.63) is 34.9 Å². The Morgan fingerprint density at radius 3 is 2.67 bits per heavy atom. The highest BCUT2D eigenvalue weighted by Crippen LogP contribution is 2.35. The third-order valence-electron chi connectivity index (χ3n) is 3.17. The van der Waals surface area contributed by atoms with E-state index in [0.717, 1.165) is 23.4 Å². The van der Waals surface area contributed by atoms with Gasteiger partial charge >= 0.3 is 0 Å². The first kappa shape index (κ1) is 10.7. The van der Waals surface area contributed by atoms with Crippen LogP contribution in [0.1, 0.15) is 37.7 Å². The van der Waals surface area contributed by atoms with Gasteiger partial charge in [-0.3, -0.25) is 4.79 Å². The first-order chi connectivity index (χ1) is 7.18. The summed E-state index contributed by atoms with van der Waals surface area (Å²) in [4.78, 5) is 11.9. The molecule has 0 spiro atoms. The number of benzene rings is 1. The van der Waals surface area contributed by atoms with Crippen LogP contribution in [-0.4, -0.2) is 5.78 Å². The van der Waals surface area contributed by atoms with Gasteiger partial charge in [-0.25, -0.2) is 0 Å². The fraction of sp³-hybridized carbons (Fsp3) is 0.462. The van der Waals surface area contributed by atoms with Crippen molar-refractivity contribution in [1.29, 1.82) is 0 Å². The highest BCUT2D eigenvalue weighted by atomic mass is 35.5. The Morgan fingerprint density at radius 2 is 2.00 bits per heavy atom. The standard InChI is InChI=1S/C13H15ClO/c1-9-6-7-11(13(15)8-9)10-4-2-3-5-12(10)14/h2-5,9,11H,6-8H2,1H3/t9?,11-/m0/s1. The van der Waals surface area contributed by atoms with E-state index in [2.05, 4.69) is 6.92 Å². The van der Waals surface area contributed by atoms with Crippen LogP contribution in [0.15, 0.2) is 24.3 Å².